The first-order valence-electron chi connectivity index (χ1n) is 6.10. The first-order chi connectivity index (χ1) is 9.11. The summed E-state index contributed by atoms with van der Waals surface area (Å²) in [5.74, 6) is 0.160. The van der Waals surface area contributed by atoms with Gasteiger partial charge in [-0.1, -0.05) is 13.0 Å². The van der Waals surface area contributed by atoms with Crippen molar-refractivity contribution in [1.29, 1.82) is 0 Å². The van der Waals surface area contributed by atoms with Crippen molar-refractivity contribution >= 4 is 21.7 Å². The van der Waals surface area contributed by atoms with Crippen LogP contribution in [0, 0.1) is 5.82 Å². The van der Waals surface area contributed by atoms with Crippen LogP contribution >= 0.6 is 15.9 Å². The van der Waals surface area contributed by atoms with Gasteiger partial charge < -0.3 is 4.57 Å². The van der Waals surface area contributed by atoms with Crippen LogP contribution in [0.4, 0.5) is 4.39 Å². The van der Waals surface area contributed by atoms with Gasteiger partial charge in [-0.25, -0.2) is 9.37 Å². The summed E-state index contributed by atoms with van der Waals surface area (Å²) in [5.41, 5.74) is 0.367. The highest BCUT2D eigenvalue weighted by Gasteiger charge is 2.12. The third-order valence-electron chi connectivity index (χ3n) is 2.83. The Morgan fingerprint density at radius 2 is 2.26 bits per heavy atom. The topological polar surface area (TPSA) is 34.9 Å². The van der Waals surface area contributed by atoms with Crippen molar-refractivity contribution in [3.63, 3.8) is 0 Å². The molecule has 0 bridgehead atoms. The molecule has 0 aliphatic heterocycles. The fourth-order valence-electron chi connectivity index (χ4n) is 1.87. The molecule has 0 saturated carbocycles. The van der Waals surface area contributed by atoms with E-state index in [1.54, 1.807) is 18.3 Å². The lowest BCUT2D eigenvalue weighted by atomic mass is 10.1. The van der Waals surface area contributed by atoms with E-state index in [-0.39, 0.29) is 12.2 Å². The lowest BCUT2D eigenvalue weighted by Gasteiger charge is -2.06. The molecule has 5 heteroatoms. The summed E-state index contributed by atoms with van der Waals surface area (Å²) in [6.07, 6.45) is 4.70. The number of aromatic nitrogens is 2. The fraction of sp³-hybridized carbons (Fsp3) is 0.286. The van der Waals surface area contributed by atoms with Gasteiger partial charge in [0.05, 0.1) is 10.9 Å². The van der Waals surface area contributed by atoms with Crippen LogP contribution in [0.25, 0.3) is 0 Å². The first-order valence-corrected chi connectivity index (χ1v) is 6.89. The van der Waals surface area contributed by atoms with Gasteiger partial charge in [0.1, 0.15) is 11.6 Å². The Bertz CT molecular complexity index is 595. The number of rotatable bonds is 5. The zero-order valence-electron chi connectivity index (χ0n) is 10.6. The average molecular weight is 325 g/mol. The molecule has 0 spiro atoms. The van der Waals surface area contributed by atoms with Crippen molar-refractivity contribution in [1.82, 2.24) is 9.55 Å². The molecule has 0 saturated heterocycles. The molecule has 2 aromatic rings. The van der Waals surface area contributed by atoms with Gasteiger partial charge in [0.2, 0.25) is 0 Å². The monoisotopic (exact) mass is 324 g/mol. The number of halogens is 2. The lowest BCUT2D eigenvalue weighted by molar-refractivity contribution is 0.0989. The van der Waals surface area contributed by atoms with Crippen LogP contribution in [0.5, 0.6) is 0 Å². The van der Waals surface area contributed by atoms with E-state index in [2.05, 4.69) is 27.8 Å². The normalized spacial score (nSPS) is 10.7. The Morgan fingerprint density at radius 1 is 1.47 bits per heavy atom. The third kappa shape index (κ3) is 3.29. The number of imidazole rings is 1. The summed E-state index contributed by atoms with van der Waals surface area (Å²) in [4.78, 5) is 16.3. The smallest absolute Gasteiger partial charge is 0.170 e. The molecule has 0 unspecified atom stereocenters. The van der Waals surface area contributed by atoms with E-state index in [1.165, 1.54) is 6.07 Å². The van der Waals surface area contributed by atoms with Crippen LogP contribution in [0.2, 0.25) is 0 Å². The number of ketones is 1. The molecule has 0 amide bonds. The standard InChI is InChI=1S/C14H14BrFN2O/c1-2-6-18-7-5-17-14(18)9-13(19)10-3-4-11(15)12(16)8-10/h3-5,7-8H,2,6,9H2,1H3. The number of Topliss-reactive ketones (excluding diaryl/α,β-unsaturated/α-hetero) is 1. The molecule has 0 aliphatic rings. The Labute approximate surface area is 119 Å². The van der Waals surface area contributed by atoms with Gasteiger partial charge in [-0.15, -0.1) is 0 Å². The molecule has 19 heavy (non-hydrogen) atoms. The minimum atomic E-state index is -0.428. The third-order valence-corrected chi connectivity index (χ3v) is 3.47. The van der Waals surface area contributed by atoms with Crippen molar-refractivity contribution in [2.75, 3.05) is 0 Å². The van der Waals surface area contributed by atoms with Crippen molar-refractivity contribution in [2.45, 2.75) is 26.3 Å². The highest BCUT2D eigenvalue weighted by atomic mass is 79.9. The maximum atomic E-state index is 13.4. The van der Waals surface area contributed by atoms with Crippen LogP contribution in [0.15, 0.2) is 35.1 Å². The summed E-state index contributed by atoms with van der Waals surface area (Å²) in [6, 6.07) is 4.41. The van der Waals surface area contributed by atoms with Crippen molar-refractivity contribution in [2.24, 2.45) is 0 Å². The minimum Gasteiger partial charge on any atom is -0.335 e. The number of hydrogen-bond donors (Lipinski definition) is 0. The van der Waals surface area contributed by atoms with E-state index >= 15 is 0 Å². The second kappa shape index (κ2) is 6.10. The summed E-state index contributed by atoms with van der Waals surface area (Å²) < 4.78 is 15.7. The Balaban J connectivity index is 2.16. The van der Waals surface area contributed by atoms with E-state index in [1.807, 2.05) is 10.8 Å². The fourth-order valence-corrected chi connectivity index (χ4v) is 2.11. The van der Waals surface area contributed by atoms with Crippen molar-refractivity contribution in [3.05, 3.63) is 52.3 Å². The van der Waals surface area contributed by atoms with Gasteiger partial charge in [-0.2, -0.15) is 0 Å². The molecule has 0 fully saturated rings. The van der Waals surface area contributed by atoms with E-state index in [4.69, 9.17) is 0 Å². The van der Waals surface area contributed by atoms with E-state index in [9.17, 15) is 9.18 Å². The molecule has 2 rings (SSSR count). The van der Waals surface area contributed by atoms with E-state index in [0.717, 1.165) is 18.8 Å². The number of aryl methyl sites for hydroxylation is 1. The number of hydrogen-bond acceptors (Lipinski definition) is 2. The van der Waals surface area contributed by atoms with Gasteiger partial charge in [-0.3, -0.25) is 4.79 Å². The molecule has 0 N–H and O–H groups in total. The Kier molecular flexibility index (Phi) is 4.47. The molecule has 100 valence electrons. The maximum Gasteiger partial charge on any atom is 0.170 e. The van der Waals surface area contributed by atoms with E-state index in [0.29, 0.717) is 10.0 Å². The molecule has 1 aromatic carbocycles. The van der Waals surface area contributed by atoms with E-state index < -0.39 is 5.82 Å². The molecule has 0 radical (unpaired) electrons. The quantitative estimate of drug-likeness (QED) is 0.787. The van der Waals surface area contributed by atoms with Gasteiger partial charge in [-0.05, 0) is 34.5 Å². The maximum absolute atomic E-state index is 13.4. The zero-order chi connectivity index (χ0) is 13.8. The van der Waals surface area contributed by atoms with Crippen LogP contribution in [-0.4, -0.2) is 15.3 Å². The van der Waals surface area contributed by atoms with Crippen molar-refractivity contribution in [3.8, 4) is 0 Å². The van der Waals surface area contributed by atoms with Gasteiger partial charge in [0, 0.05) is 24.5 Å². The van der Waals surface area contributed by atoms with Gasteiger partial charge >= 0.3 is 0 Å². The van der Waals surface area contributed by atoms with Crippen LogP contribution in [-0.2, 0) is 13.0 Å². The minimum absolute atomic E-state index is 0.130. The molecule has 3 nitrogen and oxygen atoms in total. The number of benzene rings is 1. The number of carbonyl (C=O) groups excluding carboxylic acids is 1. The predicted molar refractivity (Wildman–Crippen MR) is 74.7 cm³/mol. The van der Waals surface area contributed by atoms with Crippen LogP contribution < -0.4 is 0 Å². The average Bonchev–Trinajstić information content (AvgIpc) is 2.80. The second-order valence-corrected chi connectivity index (χ2v) is 5.12. The lowest BCUT2D eigenvalue weighted by Crippen LogP contribution is -2.10. The Morgan fingerprint density at radius 3 is 2.95 bits per heavy atom. The molecule has 0 aliphatic carbocycles. The highest BCUT2D eigenvalue weighted by Crippen LogP contribution is 2.17. The summed E-state index contributed by atoms with van der Waals surface area (Å²) >= 11 is 3.07. The summed E-state index contributed by atoms with van der Waals surface area (Å²) in [7, 11) is 0. The molecular weight excluding hydrogens is 311 g/mol. The van der Waals surface area contributed by atoms with Crippen LogP contribution in [0.1, 0.15) is 29.5 Å². The number of nitrogens with zero attached hydrogens (tertiary/aromatic N) is 2. The first kappa shape index (κ1) is 13.9. The number of carbonyl (C=O) groups is 1. The molecular formula is C14H14BrFN2O. The van der Waals surface area contributed by atoms with Gasteiger partial charge in [0.15, 0.2) is 5.78 Å². The Hall–Kier alpha value is -1.49. The van der Waals surface area contributed by atoms with Gasteiger partial charge in [0.25, 0.3) is 0 Å². The molecule has 1 aromatic heterocycles. The summed E-state index contributed by atoms with van der Waals surface area (Å²) in [5, 5.41) is 0. The zero-order valence-corrected chi connectivity index (χ0v) is 12.2. The largest absolute Gasteiger partial charge is 0.335 e. The van der Waals surface area contributed by atoms with Crippen molar-refractivity contribution < 1.29 is 9.18 Å². The second-order valence-electron chi connectivity index (χ2n) is 4.27. The van der Waals surface area contributed by atoms with Crippen LogP contribution in [0.3, 0.4) is 0 Å². The SMILES string of the molecule is CCCn1ccnc1CC(=O)c1ccc(Br)c(F)c1. The molecule has 0 atom stereocenters. The predicted octanol–water partition coefficient (Wildman–Crippen LogP) is 3.62. The highest BCUT2D eigenvalue weighted by molar-refractivity contribution is 9.10. The summed E-state index contributed by atoms with van der Waals surface area (Å²) in [6.45, 7) is 2.90. The molecule has 1 heterocycles.